The molecule has 1 aromatic carbocycles. The highest BCUT2D eigenvalue weighted by atomic mass is 79.9. The smallest absolute Gasteiger partial charge is 0.387 e. The zero-order valence-corrected chi connectivity index (χ0v) is 9.15. The van der Waals surface area contributed by atoms with Gasteiger partial charge in [0.1, 0.15) is 0 Å². The van der Waals surface area contributed by atoms with Gasteiger partial charge in [-0.05, 0) is 35.0 Å². The summed E-state index contributed by atoms with van der Waals surface area (Å²) in [5.74, 6) is -1.98. The van der Waals surface area contributed by atoms with E-state index in [0.717, 1.165) is 6.07 Å². The number of benzene rings is 1. The molecule has 0 aliphatic carbocycles. The normalized spacial score (nSPS) is 10.5. The summed E-state index contributed by atoms with van der Waals surface area (Å²) in [5.41, 5.74) is 0.0899. The highest BCUT2D eigenvalue weighted by molar-refractivity contribution is 9.10. The minimum Gasteiger partial charge on any atom is -0.430 e. The predicted octanol–water partition coefficient (Wildman–Crippen LogP) is 3.39. The summed E-state index contributed by atoms with van der Waals surface area (Å²) in [7, 11) is 0. The van der Waals surface area contributed by atoms with E-state index < -0.39 is 18.2 Å². The molecule has 0 amide bonds. The Kier molecular flexibility index (Phi) is 3.73. The second kappa shape index (κ2) is 4.65. The highest BCUT2D eigenvalue weighted by Crippen LogP contribution is 2.32. The Labute approximate surface area is 92.2 Å². The summed E-state index contributed by atoms with van der Waals surface area (Å²) in [6, 6.07) is 2.10. The first-order valence-corrected chi connectivity index (χ1v) is 4.66. The summed E-state index contributed by atoms with van der Waals surface area (Å²) in [6.07, 6.45) is 0. The van der Waals surface area contributed by atoms with Gasteiger partial charge in [-0.3, -0.25) is 4.79 Å². The molecule has 0 bridgehead atoms. The van der Waals surface area contributed by atoms with E-state index in [1.807, 2.05) is 0 Å². The van der Waals surface area contributed by atoms with Gasteiger partial charge in [0.2, 0.25) is 0 Å². The van der Waals surface area contributed by atoms with Crippen LogP contribution in [0.1, 0.15) is 17.3 Å². The van der Waals surface area contributed by atoms with Crippen molar-refractivity contribution in [3.8, 4) is 5.75 Å². The summed E-state index contributed by atoms with van der Waals surface area (Å²) in [4.78, 5) is 11.0. The van der Waals surface area contributed by atoms with Gasteiger partial charge in [0.15, 0.2) is 17.3 Å². The molecule has 0 heterocycles. The van der Waals surface area contributed by atoms with Crippen LogP contribution in [0.5, 0.6) is 5.75 Å². The molecule has 1 rings (SSSR count). The monoisotopic (exact) mass is 282 g/mol. The van der Waals surface area contributed by atoms with Crippen LogP contribution < -0.4 is 4.74 Å². The van der Waals surface area contributed by atoms with Gasteiger partial charge >= 0.3 is 6.61 Å². The predicted molar refractivity (Wildman–Crippen MR) is 50.7 cm³/mol. The molecule has 0 fully saturated rings. The maximum absolute atomic E-state index is 13.1. The summed E-state index contributed by atoms with van der Waals surface area (Å²) in [6.45, 7) is -1.90. The number of carbonyl (C=O) groups excluding carboxylic acids is 1. The number of Topliss-reactive ketones (excluding diaryl/α,β-unsaturated/α-hetero) is 1. The van der Waals surface area contributed by atoms with E-state index in [4.69, 9.17) is 0 Å². The number of ketones is 1. The number of hydrogen-bond donors (Lipinski definition) is 0. The van der Waals surface area contributed by atoms with Gasteiger partial charge in [0.05, 0.1) is 4.47 Å². The number of carbonyl (C=O) groups is 1. The third kappa shape index (κ3) is 2.71. The Hall–Kier alpha value is -1.04. The largest absolute Gasteiger partial charge is 0.430 e. The van der Waals surface area contributed by atoms with Gasteiger partial charge in [-0.25, -0.2) is 4.39 Å². The fourth-order valence-electron chi connectivity index (χ4n) is 1.00. The molecule has 6 heteroatoms. The molecule has 2 nitrogen and oxygen atoms in total. The van der Waals surface area contributed by atoms with E-state index >= 15 is 0 Å². The lowest BCUT2D eigenvalue weighted by molar-refractivity contribution is -0.0527. The van der Waals surface area contributed by atoms with Crippen LogP contribution in [0.25, 0.3) is 0 Å². The third-order valence-electron chi connectivity index (χ3n) is 1.64. The van der Waals surface area contributed by atoms with Gasteiger partial charge in [-0.15, -0.1) is 0 Å². The molecule has 0 aromatic heterocycles. The van der Waals surface area contributed by atoms with Crippen LogP contribution in [-0.4, -0.2) is 12.4 Å². The second-order valence-corrected chi connectivity index (χ2v) is 3.47. The third-order valence-corrected chi connectivity index (χ3v) is 2.42. The maximum Gasteiger partial charge on any atom is 0.387 e. The van der Waals surface area contributed by atoms with Crippen LogP contribution in [0.4, 0.5) is 13.2 Å². The zero-order valence-electron chi connectivity index (χ0n) is 7.56. The van der Waals surface area contributed by atoms with Crippen LogP contribution in [0.15, 0.2) is 16.6 Å². The number of ether oxygens (including phenoxy) is 1. The van der Waals surface area contributed by atoms with E-state index in [1.54, 1.807) is 0 Å². The minimum atomic E-state index is -3.14. The van der Waals surface area contributed by atoms with Crippen molar-refractivity contribution in [3.63, 3.8) is 0 Å². The Morgan fingerprint density at radius 3 is 2.53 bits per heavy atom. The van der Waals surface area contributed by atoms with Crippen molar-refractivity contribution >= 4 is 21.7 Å². The lowest BCUT2D eigenvalue weighted by Crippen LogP contribution is -2.06. The number of rotatable bonds is 3. The molecule has 0 saturated carbocycles. The van der Waals surface area contributed by atoms with E-state index in [2.05, 4.69) is 20.7 Å². The topological polar surface area (TPSA) is 26.3 Å². The Bertz CT molecular complexity index is 393. The minimum absolute atomic E-state index is 0.0899. The van der Waals surface area contributed by atoms with E-state index in [0.29, 0.717) is 0 Å². The molecule has 0 unspecified atom stereocenters. The molecule has 0 saturated heterocycles. The van der Waals surface area contributed by atoms with Crippen molar-refractivity contribution in [2.24, 2.45) is 0 Å². The van der Waals surface area contributed by atoms with E-state index in [-0.39, 0.29) is 15.8 Å². The first-order chi connectivity index (χ1) is 6.93. The highest BCUT2D eigenvalue weighted by Gasteiger charge is 2.18. The van der Waals surface area contributed by atoms with E-state index in [9.17, 15) is 18.0 Å². The lowest BCUT2D eigenvalue weighted by atomic mass is 10.1. The molecular formula is C9H6BrF3O2. The van der Waals surface area contributed by atoms with Crippen molar-refractivity contribution in [1.29, 1.82) is 0 Å². The SMILES string of the molecule is CC(=O)c1ccc(F)c(OC(F)F)c1Br. The van der Waals surface area contributed by atoms with Crippen molar-refractivity contribution in [1.82, 2.24) is 0 Å². The quantitative estimate of drug-likeness (QED) is 0.795. The maximum atomic E-state index is 13.1. The van der Waals surface area contributed by atoms with Crippen LogP contribution in [0.2, 0.25) is 0 Å². The van der Waals surface area contributed by atoms with Crippen molar-refractivity contribution in [3.05, 3.63) is 28.0 Å². The van der Waals surface area contributed by atoms with Crippen LogP contribution in [-0.2, 0) is 0 Å². The standard InChI is InChI=1S/C9H6BrF3O2/c1-4(14)5-2-3-6(11)8(7(5)10)15-9(12)13/h2-3,9H,1H3. The summed E-state index contributed by atoms with van der Waals surface area (Å²) in [5, 5.41) is 0. The van der Waals surface area contributed by atoms with Gasteiger partial charge < -0.3 is 4.74 Å². The van der Waals surface area contributed by atoms with Gasteiger partial charge in [0.25, 0.3) is 0 Å². The molecule has 0 radical (unpaired) electrons. The Balaban J connectivity index is 3.24. The van der Waals surface area contributed by atoms with Crippen LogP contribution >= 0.6 is 15.9 Å². The molecule has 0 aliphatic heterocycles. The van der Waals surface area contributed by atoms with Crippen molar-refractivity contribution in [2.45, 2.75) is 13.5 Å². The van der Waals surface area contributed by atoms with Crippen molar-refractivity contribution < 1.29 is 22.7 Å². The van der Waals surface area contributed by atoms with Gasteiger partial charge in [0, 0.05) is 5.56 Å². The zero-order chi connectivity index (χ0) is 11.6. The van der Waals surface area contributed by atoms with E-state index in [1.165, 1.54) is 13.0 Å². The fraction of sp³-hybridized carbons (Fsp3) is 0.222. The Morgan fingerprint density at radius 2 is 2.07 bits per heavy atom. The molecule has 0 aliphatic rings. The summed E-state index contributed by atoms with van der Waals surface area (Å²) < 4.78 is 40.7. The molecular weight excluding hydrogens is 277 g/mol. The molecule has 0 N–H and O–H groups in total. The molecule has 15 heavy (non-hydrogen) atoms. The summed E-state index contributed by atoms with van der Waals surface area (Å²) >= 11 is 2.84. The average Bonchev–Trinajstić information content (AvgIpc) is 2.11. The molecule has 0 spiro atoms. The molecule has 0 atom stereocenters. The van der Waals surface area contributed by atoms with Crippen LogP contribution in [0.3, 0.4) is 0 Å². The molecule has 82 valence electrons. The van der Waals surface area contributed by atoms with Gasteiger partial charge in [-0.1, -0.05) is 0 Å². The second-order valence-electron chi connectivity index (χ2n) is 2.67. The number of alkyl halides is 2. The van der Waals surface area contributed by atoms with Gasteiger partial charge in [-0.2, -0.15) is 8.78 Å². The van der Waals surface area contributed by atoms with Crippen LogP contribution in [0, 0.1) is 5.82 Å². The fourth-order valence-corrected chi connectivity index (χ4v) is 1.70. The lowest BCUT2D eigenvalue weighted by Gasteiger charge is -2.09. The number of halogens is 4. The average molecular weight is 283 g/mol. The Morgan fingerprint density at radius 1 is 1.47 bits per heavy atom. The number of hydrogen-bond acceptors (Lipinski definition) is 2. The van der Waals surface area contributed by atoms with Crippen molar-refractivity contribution in [2.75, 3.05) is 0 Å². The molecule has 1 aromatic rings. The first-order valence-electron chi connectivity index (χ1n) is 3.87. The first kappa shape index (κ1) is 12.0.